The van der Waals surface area contributed by atoms with Crippen LogP contribution in [0.25, 0.3) is 11.3 Å². The van der Waals surface area contributed by atoms with Crippen LogP contribution in [0.3, 0.4) is 0 Å². The molecule has 0 radical (unpaired) electrons. The maximum atomic E-state index is 13.5. The van der Waals surface area contributed by atoms with Crippen LogP contribution >= 0.6 is 0 Å². The molecule has 1 saturated heterocycles. The van der Waals surface area contributed by atoms with E-state index >= 15 is 0 Å². The summed E-state index contributed by atoms with van der Waals surface area (Å²) in [4.78, 5) is 28.1. The number of hydrogen-bond donors (Lipinski definition) is 1. The van der Waals surface area contributed by atoms with Crippen molar-refractivity contribution in [1.82, 2.24) is 20.0 Å². The summed E-state index contributed by atoms with van der Waals surface area (Å²) in [6.07, 6.45) is 4.67. The van der Waals surface area contributed by atoms with Crippen LogP contribution in [0, 0.1) is 12.3 Å². The third kappa shape index (κ3) is 6.33. The largest absolute Gasteiger partial charge is 0.492 e. The second kappa shape index (κ2) is 12.0. The summed E-state index contributed by atoms with van der Waals surface area (Å²) in [6, 6.07) is 17.5. The van der Waals surface area contributed by atoms with E-state index in [4.69, 9.17) is 9.47 Å². The number of aromatic nitrogens is 2. The third-order valence-corrected chi connectivity index (χ3v) is 8.00. The quantitative estimate of drug-likeness (QED) is 0.522. The molecule has 0 unspecified atom stereocenters. The van der Waals surface area contributed by atoms with E-state index in [1.165, 1.54) is 5.56 Å². The molecule has 206 valence electrons. The zero-order valence-electron chi connectivity index (χ0n) is 22.9. The molecule has 3 aromatic rings. The fraction of sp³-hybridized carbons (Fsp3) is 0.452. The Bertz CT molecular complexity index is 1290. The van der Waals surface area contributed by atoms with Crippen molar-refractivity contribution in [2.45, 2.75) is 39.0 Å². The molecule has 3 heterocycles. The van der Waals surface area contributed by atoms with Crippen molar-refractivity contribution >= 4 is 11.8 Å². The van der Waals surface area contributed by atoms with Crippen LogP contribution in [0.1, 0.15) is 58.5 Å². The average Bonchev–Trinajstić information content (AvgIpc) is 3.35. The SMILES string of the molecule is Cc1ccc(-c2cc(C(=O)N3CCC4(CCCCOCCNC(=O)c5ccccc5OC4)CC3)nn2C)cc1. The molecule has 2 aliphatic rings. The first kappa shape index (κ1) is 26.9. The molecule has 39 heavy (non-hydrogen) atoms. The summed E-state index contributed by atoms with van der Waals surface area (Å²) < 4.78 is 13.9. The van der Waals surface area contributed by atoms with Gasteiger partial charge in [-0.15, -0.1) is 0 Å². The van der Waals surface area contributed by atoms with Crippen molar-refractivity contribution in [3.05, 3.63) is 71.4 Å². The minimum Gasteiger partial charge on any atom is -0.492 e. The number of carbonyl (C=O) groups excluding carboxylic acids is 2. The Hall–Kier alpha value is -3.65. The van der Waals surface area contributed by atoms with Crippen LogP contribution in [0.5, 0.6) is 5.75 Å². The van der Waals surface area contributed by atoms with E-state index in [1.807, 2.05) is 36.2 Å². The van der Waals surface area contributed by atoms with Gasteiger partial charge >= 0.3 is 0 Å². The van der Waals surface area contributed by atoms with Crippen LogP contribution in [0.2, 0.25) is 0 Å². The van der Waals surface area contributed by atoms with Gasteiger partial charge in [-0.1, -0.05) is 48.4 Å². The number of nitrogens with one attached hydrogen (secondary N) is 1. The number of amides is 2. The molecule has 2 aliphatic heterocycles. The van der Waals surface area contributed by atoms with E-state index in [2.05, 4.69) is 41.6 Å². The van der Waals surface area contributed by atoms with Gasteiger partial charge in [0.1, 0.15) is 5.75 Å². The lowest BCUT2D eigenvalue weighted by molar-refractivity contribution is 0.0337. The number of hydrogen-bond acceptors (Lipinski definition) is 5. The van der Waals surface area contributed by atoms with Gasteiger partial charge in [0.2, 0.25) is 0 Å². The summed E-state index contributed by atoms with van der Waals surface area (Å²) in [6.45, 7) is 5.52. The lowest BCUT2D eigenvalue weighted by Crippen LogP contribution is -2.45. The Morgan fingerprint density at radius 2 is 1.77 bits per heavy atom. The van der Waals surface area contributed by atoms with Gasteiger partial charge in [0, 0.05) is 38.7 Å². The Kier molecular flexibility index (Phi) is 8.31. The van der Waals surface area contributed by atoms with Gasteiger partial charge in [0.05, 0.1) is 24.5 Å². The highest BCUT2D eigenvalue weighted by Crippen LogP contribution is 2.38. The number of ether oxygens (including phenoxy) is 2. The maximum absolute atomic E-state index is 13.5. The van der Waals surface area contributed by atoms with Gasteiger partial charge in [0.15, 0.2) is 5.69 Å². The van der Waals surface area contributed by atoms with Crippen molar-refractivity contribution in [2.24, 2.45) is 12.5 Å². The van der Waals surface area contributed by atoms with Gasteiger partial charge in [-0.05, 0) is 56.4 Å². The summed E-state index contributed by atoms with van der Waals surface area (Å²) in [7, 11) is 1.88. The van der Waals surface area contributed by atoms with Crippen molar-refractivity contribution in [1.29, 1.82) is 0 Å². The van der Waals surface area contributed by atoms with Crippen LogP contribution in [-0.2, 0) is 11.8 Å². The summed E-state index contributed by atoms with van der Waals surface area (Å²) in [5.41, 5.74) is 4.11. The predicted octanol–water partition coefficient (Wildman–Crippen LogP) is 4.63. The van der Waals surface area contributed by atoms with Crippen molar-refractivity contribution in [3.63, 3.8) is 0 Å². The molecule has 0 aliphatic carbocycles. The molecule has 0 saturated carbocycles. The Balaban J connectivity index is 1.28. The lowest BCUT2D eigenvalue weighted by atomic mass is 9.75. The molecule has 1 N–H and O–H groups in total. The zero-order chi connectivity index (χ0) is 27.2. The molecule has 1 fully saturated rings. The minimum absolute atomic E-state index is 0.0314. The first-order valence-electron chi connectivity index (χ1n) is 13.9. The van der Waals surface area contributed by atoms with Gasteiger partial charge in [-0.3, -0.25) is 14.3 Å². The fourth-order valence-electron chi connectivity index (χ4n) is 5.53. The van der Waals surface area contributed by atoms with E-state index in [-0.39, 0.29) is 17.2 Å². The fourth-order valence-corrected chi connectivity index (χ4v) is 5.53. The molecule has 8 nitrogen and oxygen atoms in total. The Morgan fingerprint density at radius 3 is 2.56 bits per heavy atom. The van der Waals surface area contributed by atoms with Gasteiger partial charge in [0.25, 0.3) is 11.8 Å². The number of piperidine rings is 1. The van der Waals surface area contributed by atoms with Crippen LogP contribution in [0.15, 0.2) is 54.6 Å². The number of benzene rings is 2. The molecule has 2 aromatic carbocycles. The molecule has 0 bridgehead atoms. The van der Waals surface area contributed by atoms with E-state index < -0.39 is 0 Å². The first-order valence-corrected chi connectivity index (χ1v) is 13.9. The second-order valence-corrected chi connectivity index (χ2v) is 10.8. The smallest absolute Gasteiger partial charge is 0.274 e. The molecule has 2 amide bonds. The van der Waals surface area contributed by atoms with E-state index in [9.17, 15) is 9.59 Å². The number of carbonyl (C=O) groups is 2. The maximum Gasteiger partial charge on any atom is 0.274 e. The highest BCUT2D eigenvalue weighted by molar-refractivity contribution is 5.97. The van der Waals surface area contributed by atoms with E-state index in [1.54, 1.807) is 10.7 Å². The predicted molar refractivity (Wildman–Crippen MR) is 150 cm³/mol. The standard InChI is InChI=1S/C31H38N4O4/c1-23-9-11-24(12-10-23)27-21-26(33-34(27)2)30(37)35-17-14-31(15-18-35)13-5-6-19-38-20-16-32-29(36)25-7-3-4-8-28(25)39-22-31/h3-4,7-12,21H,5-6,13-20,22H2,1-2H3,(H,32,36). The third-order valence-electron chi connectivity index (χ3n) is 8.00. The molecule has 0 atom stereocenters. The molecule has 1 aromatic heterocycles. The highest BCUT2D eigenvalue weighted by atomic mass is 16.5. The summed E-state index contributed by atoms with van der Waals surface area (Å²) >= 11 is 0. The number of aryl methyl sites for hydroxylation is 2. The number of rotatable bonds is 2. The van der Waals surface area contributed by atoms with Crippen LogP contribution in [-0.4, -0.2) is 65.9 Å². The topological polar surface area (TPSA) is 85.7 Å². The monoisotopic (exact) mass is 530 g/mol. The molecule has 8 heteroatoms. The second-order valence-electron chi connectivity index (χ2n) is 10.8. The first-order chi connectivity index (χ1) is 18.9. The zero-order valence-corrected chi connectivity index (χ0v) is 22.9. The normalized spacial score (nSPS) is 18.5. The molecular formula is C31H38N4O4. The van der Waals surface area contributed by atoms with E-state index in [0.29, 0.717) is 56.5 Å². The molecular weight excluding hydrogens is 492 g/mol. The Labute approximate surface area is 230 Å². The van der Waals surface area contributed by atoms with Crippen LogP contribution in [0.4, 0.5) is 0 Å². The minimum atomic E-state index is -0.152. The average molecular weight is 531 g/mol. The lowest BCUT2D eigenvalue weighted by Gasteiger charge is -2.41. The summed E-state index contributed by atoms with van der Waals surface area (Å²) in [5, 5.41) is 7.48. The number of likely N-dealkylation sites (tertiary alicyclic amines) is 1. The summed E-state index contributed by atoms with van der Waals surface area (Å²) in [5.74, 6) is 0.417. The van der Waals surface area contributed by atoms with Crippen molar-refractivity contribution < 1.29 is 19.1 Å². The van der Waals surface area contributed by atoms with Crippen LogP contribution < -0.4 is 10.1 Å². The molecule has 1 spiro atoms. The highest BCUT2D eigenvalue weighted by Gasteiger charge is 2.37. The van der Waals surface area contributed by atoms with Crippen molar-refractivity contribution in [3.8, 4) is 17.0 Å². The Morgan fingerprint density at radius 1 is 1.00 bits per heavy atom. The molecule has 5 rings (SSSR count). The van der Waals surface area contributed by atoms with Gasteiger partial charge < -0.3 is 19.7 Å². The number of fused-ring (bicyclic) bond motifs is 1. The van der Waals surface area contributed by atoms with Gasteiger partial charge in [-0.25, -0.2) is 0 Å². The number of para-hydroxylation sites is 1. The van der Waals surface area contributed by atoms with E-state index in [0.717, 1.165) is 43.4 Å². The van der Waals surface area contributed by atoms with Gasteiger partial charge in [-0.2, -0.15) is 5.10 Å². The van der Waals surface area contributed by atoms with Crippen molar-refractivity contribution in [2.75, 3.05) is 39.5 Å². The number of nitrogens with zero attached hydrogens (tertiary/aromatic N) is 3.